The molecule has 1 N–H and O–H groups in total. The molecule has 5 nitrogen and oxygen atoms in total. The highest BCUT2D eigenvalue weighted by Crippen LogP contribution is 2.28. The lowest BCUT2D eigenvalue weighted by molar-refractivity contribution is -0.124. The number of carbonyl (C=O) groups excluding carboxylic acids is 1. The Morgan fingerprint density at radius 2 is 2.21 bits per heavy atom. The van der Waals surface area contributed by atoms with Crippen molar-refractivity contribution in [2.24, 2.45) is 0 Å². The molecule has 1 aliphatic rings. The summed E-state index contributed by atoms with van der Waals surface area (Å²) in [5.41, 5.74) is 0.483. The van der Waals surface area contributed by atoms with E-state index in [4.69, 9.17) is 15.4 Å². The second-order valence-electron chi connectivity index (χ2n) is 4.07. The van der Waals surface area contributed by atoms with Crippen LogP contribution in [0, 0.1) is 0 Å². The van der Waals surface area contributed by atoms with E-state index in [1.165, 1.54) is 18.2 Å². The smallest absolute Gasteiger partial charge is 0.262 e. The molecule has 1 saturated heterocycles. The van der Waals surface area contributed by atoms with Crippen molar-refractivity contribution in [3.8, 4) is 0 Å². The summed E-state index contributed by atoms with van der Waals surface area (Å²) in [5, 5.41) is 2.67. The lowest BCUT2D eigenvalue weighted by Crippen LogP contribution is -2.26. The lowest BCUT2D eigenvalue weighted by Gasteiger charge is -2.11. The van der Waals surface area contributed by atoms with Crippen molar-refractivity contribution in [1.29, 1.82) is 0 Å². The largest absolute Gasteiger partial charge is 0.368 e. The van der Waals surface area contributed by atoms with Gasteiger partial charge in [0.25, 0.3) is 15.0 Å². The highest BCUT2D eigenvalue weighted by atomic mass is 79.9. The fourth-order valence-corrected chi connectivity index (χ4v) is 4.01. The summed E-state index contributed by atoms with van der Waals surface area (Å²) in [6.07, 6.45) is 1.13. The van der Waals surface area contributed by atoms with Crippen LogP contribution in [-0.2, 0) is 18.6 Å². The zero-order valence-electron chi connectivity index (χ0n) is 9.73. The zero-order valence-corrected chi connectivity index (χ0v) is 12.9. The van der Waals surface area contributed by atoms with E-state index < -0.39 is 15.2 Å². The van der Waals surface area contributed by atoms with Gasteiger partial charge in [-0.2, -0.15) is 0 Å². The molecule has 8 heteroatoms. The van der Waals surface area contributed by atoms with Gasteiger partial charge in [-0.25, -0.2) is 8.42 Å². The molecule has 0 aromatic heterocycles. The van der Waals surface area contributed by atoms with Crippen molar-refractivity contribution >= 4 is 47.3 Å². The van der Waals surface area contributed by atoms with E-state index in [9.17, 15) is 13.2 Å². The van der Waals surface area contributed by atoms with E-state index in [2.05, 4.69) is 21.2 Å². The van der Waals surface area contributed by atoms with Gasteiger partial charge in [0.2, 0.25) is 0 Å². The predicted molar refractivity (Wildman–Crippen MR) is 74.8 cm³/mol. The molecule has 1 aromatic carbocycles. The first-order chi connectivity index (χ1) is 8.88. The summed E-state index contributed by atoms with van der Waals surface area (Å²) in [4.78, 5) is 11.8. The molecule has 2 rings (SSSR count). The van der Waals surface area contributed by atoms with Gasteiger partial charge in [-0.05, 0) is 47.0 Å². The second-order valence-corrected chi connectivity index (χ2v) is 7.46. The van der Waals surface area contributed by atoms with Gasteiger partial charge in [0.05, 0.1) is 4.90 Å². The average Bonchev–Trinajstić information content (AvgIpc) is 2.80. The van der Waals surface area contributed by atoms with Crippen molar-refractivity contribution in [2.75, 3.05) is 11.9 Å². The van der Waals surface area contributed by atoms with Crippen molar-refractivity contribution in [3.63, 3.8) is 0 Å². The lowest BCUT2D eigenvalue weighted by atomic mass is 10.2. The Balaban J connectivity index is 2.14. The summed E-state index contributed by atoms with van der Waals surface area (Å²) in [5.74, 6) is -0.231. The van der Waals surface area contributed by atoms with E-state index in [1.54, 1.807) is 0 Å². The number of amides is 1. The first-order valence-electron chi connectivity index (χ1n) is 5.54. The minimum Gasteiger partial charge on any atom is -0.368 e. The standard InChI is InChI=1S/C11H11BrClNO4S/c12-8-6-7(3-4-10(8)19(13,16)17)14-11(15)9-2-1-5-18-9/h3-4,6,9H,1-2,5H2,(H,14,15). The van der Waals surface area contributed by atoms with Crippen molar-refractivity contribution in [2.45, 2.75) is 23.8 Å². The fourth-order valence-electron chi connectivity index (χ4n) is 1.78. The molecule has 1 unspecified atom stereocenters. The third kappa shape index (κ3) is 3.68. The number of rotatable bonds is 3. The van der Waals surface area contributed by atoms with Crippen LogP contribution in [-0.4, -0.2) is 27.0 Å². The molecule has 0 radical (unpaired) electrons. The van der Waals surface area contributed by atoms with Gasteiger partial charge in [-0.3, -0.25) is 4.79 Å². The zero-order chi connectivity index (χ0) is 14.0. The van der Waals surface area contributed by atoms with E-state index in [0.717, 1.165) is 6.42 Å². The number of benzene rings is 1. The monoisotopic (exact) mass is 367 g/mol. The number of hydrogen-bond donors (Lipinski definition) is 1. The molecule has 0 saturated carbocycles. The maximum Gasteiger partial charge on any atom is 0.262 e. The van der Waals surface area contributed by atoms with Crippen LogP contribution < -0.4 is 5.32 Å². The summed E-state index contributed by atoms with van der Waals surface area (Å²) >= 11 is 3.11. The number of ether oxygens (including phenoxy) is 1. The quantitative estimate of drug-likeness (QED) is 0.832. The Bertz CT molecular complexity index is 599. The van der Waals surface area contributed by atoms with Gasteiger partial charge < -0.3 is 10.1 Å². The molecular weight excluding hydrogens is 358 g/mol. The first-order valence-corrected chi connectivity index (χ1v) is 8.65. The van der Waals surface area contributed by atoms with Crippen LogP contribution >= 0.6 is 26.6 Å². The molecule has 0 aliphatic carbocycles. The van der Waals surface area contributed by atoms with Crippen LogP contribution in [0.5, 0.6) is 0 Å². The SMILES string of the molecule is O=C(Nc1ccc(S(=O)(=O)Cl)c(Br)c1)C1CCCO1. The highest BCUT2D eigenvalue weighted by Gasteiger charge is 2.24. The molecule has 1 fully saturated rings. The topological polar surface area (TPSA) is 72.5 Å². The van der Waals surface area contributed by atoms with E-state index in [0.29, 0.717) is 23.2 Å². The van der Waals surface area contributed by atoms with Crippen LogP contribution in [0.15, 0.2) is 27.6 Å². The minimum atomic E-state index is -3.81. The molecule has 0 spiro atoms. The maximum atomic E-state index is 11.8. The molecule has 1 aromatic rings. The van der Waals surface area contributed by atoms with Gasteiger partial charge in [0.15, 0.2) is 0 Å². The summed E-state index contributed by atoms with van der Waals surface area (Å²) in [7, 11) is 1.45. The summed E-state index contributed by atoms with van der Waals surface area (Å²) in [6.45, 7) is 0.589. The Morgan fingerprint density at radius 1 is 1.47 bits per heavy atom. The number of anilines is 1. The fraction of sp³-hybridized carbons (Fsp3) is 0.364. The second kappa shape index (κ2) is 5.78. The molecular formula is C11H11BrClNO4S. The molecule has 1 atom stereocenters. The van der Waals surface area contributed by atoms with Gasteiger partial charge in [0.1, 0.15) is 6.10 Å². The average molecular weight is 369 g/mol. The predicted octanol–water partition coefficient (Wildman–Crippen LogP) is 2.49. The van der Waals surface area contributed by atoms with Crippen LogP contribution in [0.2, 0.25) is 0 Å². The molecule has 1 aliphatic heterocycles. The molecule has 1 amide bonds. The highest BCUT2D eigenvalue weighted by molar-refractivity contribution is 9.10. The molecule has 1 heterocycles. The number of halogens is 2. The van der Waals surface area contributed by atoms with Gasteiger partial charge >= 0.3 is 0 Å². The van der Waals surface area contributed by atoms with Gasteiger partial charge in [-0.1, -0.05) is 0 Å². The van der Waals surface area contributed by atoms with E-state index >= 15 is 0 Å². The van der Waals surface area contributed by atoms with Crippen LogP contribution in [0.1, 0.15) is 12.8 Å². The first kappa shape index (κ1) is 14.8. The Labute approximate surface area is 123 Å². The van der Waals surface area contributed by atoms with Gasteiger partial charge in [0, 0.05) is 27.4 Å². The Kier molecular flexibility index (Phi) is 4.50. The van der Waals surface area contributed by atoms with E-state index in [1.807, 2.05) is 0 Å². The van der Waals surface area contributed by atoms with Crippen molar-refractivity contribution < 1.29 is 17.9 Å². The molecule has 19 heavy (non-hydrogen) atoms. The van der Waals surface area contributed by atoms with Crippen LogP contribution in [0.4, 0.5) is 5.69 Å². The number of nitrogens with one attached hydrogen (secondary N) is 1. The van der Waals surface area contributed by atoms with Crippen LogP contribution in [0.25, 0.3) is 0 Å². The Hall–Kier alpha value is -0.630. The number of hydrogen-bond acceptors (Lipinski definition) is 4. The summed E-state index contributed by atoms with van der Waals surface area (Å²) in [6, 6.07) is 4.30. The van der Waals surface area contributed by atoms with Crippen molar-refractivity contribution in [1.82, 2.24) is 0 Å². The van der Waals surface area contributed by atoms with E-state index in [-0.39, 0.29) is 10.8 Å². The van der Waals surface area contributed by atoms with Gasteiger partial charge in [-0.15, -0.1) is 0 Å². The Morgan fingerprint density at radius 3 is 2.74 bits per heavy atom. The summed E-state index contributed by atoms with van der Waals surface area (Å²) < 4.78 is 28.0. The molecule has 0 bridgehead atoms. The van der Waals surface area contributed by atoms with Crippen LogP contribution in [0.3, 0.4) is 0 Å². The normalized spacial score (nSPS) is 19.4. The minimum absolute atomic E-state index is 0.0377. The third-order valence-electron chi connectivity index (χ3n) is 2.68. The van der Waals surface area contributed by atoms with Crippen molar-refractivity contribution in [3.05, 3.63) is 22.7 Å². The number of carbonyl (C=O) groups is 1. The maximum absolute atomic E-state index is 11.8. The molecule has 104 valence electrons. The third-order valence-corrected chi connectivity index (χ3v) is 4.98.